The number of fused-ring (bicyclic) bond motifs is 1. The highest BCUT2D eigenvalue weighted by Crippen LogP contribution is 2.35. The lowest BCUT2D eigenvalue weighted by atomic mass is 9.99. The van der Waals surface area contributed by atoms with Crippen molar-refractivity contribution in [2.75, 3.05) is 26.3 Å². The normalized spacial score (nSPS) is 14.9. The second-order valence-corrected chi connectivity index (χ2v) is 9.12. The van der Waals surface area contributed by atoms with E-state index in [1.165, 1.54) is 17.7 Å². The summed E-state index contributed by atoms with van der Waals surface area (Å²) >= 11 is 0. The van der Waals surface area contributed by atoms with Crippen molar-refractivity contribution in [3.8, 4) is 22.8 Å². The van der Waals surface area contributed by atoms with Crippen LogP contribution in [0.5, 0.6) is 11.6 Å². The molecule has 0 bridgehead atoms. The summed E-state index contributed by atoms with van der Waals surface area (Å²) in [6, 6.07) is 18.3. The number of ether oxygens (including phenoxy) is 2. The zero-order chi connectivity index (χ0) is 25.3. The third-order valence-electron chi connectivity index (χ3n) is 6.46. The Morgan fingerprint density at radius 2 is 1.53 bits per heavy atom. The molecule has 0 aliphatic carbocycles. The molecule has 0 spiro atoms. The number of nitrogens with zero attached hydrogens (tertiary/aromatic N) is 2. The molecule has 8 heteroatoms. The number of rotatable bonds is 6. The molecule has 1 fully saturated rings. The molecule has 36 heavy (non-hydrogen) atoms. The number of benzene rings is 3. The molecule has 1 aliphatic rings. The Kier molecular flexibility index (Phi) is 6.64. The lowest BCUT2D eigenvalue weighted by Gasteiger charge is -2.26. The van der Waals surface area contributed by atoms with Gasteiger partial charge in [-0.1, -0.05) is 42.5 Å². The summed E-state index contributed by atoms with van der Waals surface area (Å²) in [7, 11) is 0. The minimum Gasteiger partial charge on any atom is -0.494 e. The second kappa shape index (κ2) is 9.87. The third kappa shape index (κ3) is 5.50. The topological polar surface area (TPSA) is 46.9 Å². The molecule has 0 radical (unpaired) electrons. The maximum atomic E-state index is 12.4. The minimum absolute atomic E-state index is 0.130. The summed E-state index contributed by atoms with van der Waals surface area (Å²) in [4.78, 5) is 2.39. The van der Waals surface area contributed by atoms with E-state index in [0.29, 0.717) is 6.54 Å². The maximum Gasteiger partial charge on any atom is 0.573 e. The van der Waals surface area contributed by atoms with Gasteiger partial charge in [-0.05, 0) is 52.9 Å². The lowest BCUT2D eigenvalue weighted by Crippen LogP contribution is -2.35. The van der Waals surface area contributed by atoms with Crippen molar-refractivity contribution in [1.82, 2.24) is 9.47 Å². The van der Waals surface area contributed by atoms with Crippen LogP contribution in [0.4, 0.5) is 13.2 Å². The quantitative estimate of drug-likeness (QED) is 0.350. The molecule has 0 amide bonds. The van der Waals surface area contributed by atoms with Crippen molar-refractivity contribution in [3.05, 3.63) is 83.6 Å². The highest BCUT2D eigenvalue weighted by atomic mass is 19.4. The standard InChI is InChI=1S/C28H27F3N2O3/c1-19-14-23(22-6-2-20(3-7-22)16-32-10-12-35-13-11-32)15-24-18-33(27(34)26(19)24)17-21-4-8-25(9-5-21)36-28(29,30)31/h2-9,14-15,18,34H,10-13,16-17H2,1H3. The Morgan fingerprint density at radius 1 is 0.889 bits per heavy atom. The van der Waals surface area contributed by atoms with Crippen LogP contribution in [0, 0.1) is 6.92 Å². The van der Waals surface area contributed by atoms with Gasteiger partial charge in [-0.25, -0.2) is 0 Å². The van der Waals surface area contributed by atoms with Crippen LogP contribution in [0.25, 0.3) is 21.9 Å². The fraction of sp³-hybridized carbons (Fsp3) is 0.286. The number of halogens is 3. The van der Waals surface area contributed by atoms with E-state index >= 15 is 0 Å². The highest BCUT2D eigenvalue weighted by Gasteiger charge is 2.31. The zero-order valence-corrected chi connectivity index (χ0v) is 19.9. The molecule has 1 aliphatic heterocycles. The van der Waals surface area contributed by atoms with Crippen molar-refractivity contribution in [2.45, 2.75) is 26.4 Å². The maximum absolute atomic E-state index is 12.4. The van der Waals surface area contributed by atoms with Crippen LogP contribution < -0.4 is 4.74 Å². The predicted molar refractivity (Wildman–Crippen MR) is 132 cm³/mol. The molecule has 0 saturated carbocycles. The zero-order valence-electron chi connectivity index (χ0n) is 19.9. The van der Waals surface area contributed by atoms with Gasteiger partial charge in [0.05, 0.1) is 19.8 Å². The Hall–Kier alpha value is -3.49. The third-order valence-corrected chi connectivity index (χ3v) is 6.46. The number of hydrogen-bond donors (Lipinski definition) is 1. The van der Waals surface area contributed by atoms with E-state index in [9.17, 15) is 18.3 Å². The van der Waals surface area contributed by atoms with Crippen LogP contribution in [0.1, 0.15) is 16.7 Å². The molecule has 1 N–H and O–H groups in total. The number of aryl methyl sites for hydroxylation is 1. The van der Waals surface area contributed by atoms with E-state index in [2.05, 4.69) is 46.0 Å². The highest BCUT2D eigenvalue weighted by molar-refractivity contribution is 5.94. The van der Waals surface area contributed by atoms with Crippen LogP contribution >= 0.6 is 0 Å². The molecule has 3 aromatic carbocycles. The van der Waals surface area contributed by atoms with E-state index in [-0.39, 0.29) is 11.6 Å². The summed E-state index contributed by atoms with van der Waals surface area (Å²) in [6.45, 7) is 6.64. The summed E-state index contributed by atoms with van der Waals surface area (Å²) in [5.74, 6) is -0.143. The second-order valence-electron chi connectivity index (χ2n) is 9.12. The monoisotopic (exact) mass is 496 g/mol. The fourth-order valence-electron chi connectivity index (χ4n) is 4.69. The molecule has 5 rings (SSSR count). The van der Waals surface area contributed by atoms with E-state index < -0.39 is 6.36 Å². The summed E-state index contributed by atoms with van der Waals surface area (Å²) in [5.41, 5.74) is 5.11. The number of aromatic hydroxyl groups is 1. The van der Waals surface area contributed by atoms with Gasteiger partial charge < -0.3 is 19.1 Å². The molecule has 1 aromatic heterocycles. The van der Waals surface area contributed by atoms with Gasteiger partial charge in [0.1, 0.15) is 5.75 Å². The first-order valence-electron chi connectivity index (χ1n) is 11.8. The number of morpholine rings is 1. The molecule has 4 aromatic rings. The van der Waals surface area contributed by atoms with E-state index in [4.69, 9.17) is 4.74 Å². The molecular weight excluding hydrogens is 469 g/mol. The molecular formula is C28H27F3N2O3. The van der Waals surface area contributed by atoms with Gasteiger partial charge in [0.25, 0.3) is 0 Å². The van der Waals surface area contributed by atoms with Gasteiger partial charge >= 0.3 is 6.36 Å². The van der Waals surface area contributed by atoms with Crippen LogP contribution in [-0.2, 0) is 17.8 Å². The first kappa shape index (κ1) is 24.2. The van der Waals surface area contributed by atoms with Gasteiger partial charge in [0, 0.05) is 36.6 Å². The SMILES string of the molecule is Cc1cc(-c2ccc(CN3CCOCC3)cc2)cc2cn(Cc3ccc(OC(F)(F)F)cc3)c(O)c12. The van der Waals surface area contributed by atoms with Crippen molar-refractivity contribution < 1.29 is 27.8 Å². The molecule has 188 valence electrons. The van der Waals surface area contributed by atoms with Crippen LogP contribution in [0.3, 0.4) is 0 Å². The first-order valence-corrected chi connectivity index (χ1v) is 11.8. The summed E-state index contributed by atoms with van der Waals surface area (Å²) < 4.78 is 48.3. The van der Waals surface area contributed by atoms with Gasteiger partial charge in [-0.3, -0.25) is 4.90 Å². The van der Waals surface area contributed by atoms with Crippen molar-refractivity contribution in [3.63, 3.8) is 0 Å². The Morgan fingerprint density at radius 3 is 2.19 bits per heavy atom. The van der Waals surface area contributed by atoms with Crippen molar-refractivity contribution >= 4 is 10.8 Å². The Labute approximate surface area is 207 Å². The molecule has 0 atom stereocenters. The Bertz CT molecular complexity index is 1340. The van der Waals surface area contributed by atoms with Crippen LogP contribution in [0.15, 0.2) is 66.9 Å². The largest absolute Gasteiger partial charge is 0.573 e. The number of aromatic nitrogens is 1. The lowest BCUT2D eigenvalue weighted by molar-refractivity contribution is -0.274. The van der Waals surface area contributed by atoms with Crippen molar-refractivity contribution in [2.24, 2.45) is 0 Å². The summed E-state index contributed by atoms with van der Waals surface area (Å²) in [5, 5.41) is 12.5. The smallest absolute Gasteiger partial charge is 0.494 e. The van der Waals surface area contributed by atoms with E-state index in [1.54, 1.807) is 16.7 Å². The average Bonchev–Trinajstić information content (AvgIpc) is 3.16. The van der Waals surface area contributed by atoms with Crippen molar-refractivity contribution in [1.29, 1.82) is 0 Å². The number of hydrogen-bond acceptors (Lipinski definition) is 4. The Balaban J connectivity index is 1.35. The minimum atomic E-state index is -4.73. The number of alkyl halides is 3. The molecule has 0 unspecified atom stereocenters. The van der Waals surface area contributed by atoms with Gasteiger partial charge in [0.2, 0.25) is 0 Å². The van der Waals surface area contributed by atoms with Crippen LogP contribution in [-0.4, -0.2) is 47.2 Å². The predicted octanol–water partition coefficient (Wildman–Crippen LogP) is 6.10. The van der Waals surface area contributed by atoms with Crippen LogP contribution in [0.2, 0.25) is 0 Å². The average molecular weight is 497 g/mol. The van der Waals surface area contributed by atoms with E-state index in [0.717, 1.165) is 65.9 Å². The fourth-order valence-corrected chi connectivity index (χ4v) is 4.69. The van der Waals surface area contributed by atoms with Gasteiger partial charge in [-0.15, -0.1) is 13.2 Å². The molecule has 1 saturated heterocycles. The first-order chi connectivity index (χ1) is 17.2. The molecule has 5 nitrogen and oxygen atoms in total. The van der Waals surface area contributed by atoms with E-state index in [1.807, 2.05) is 13.1 Å². The molecule has 2 heterocycles. The summed E-state index contributed by atoms with van der Waals surface area (Å²) in [6.07, 6.45) is -2.86. The van der Waals surface area contributed by atoms with Gasteiger partial charge in [-0.2, -0.15) is 0 Å². The van der Waals surface area contributed by atoms with Gasteiger partial charge in [0.15, 0.2) is 5.88 Å².